The Bertz CT molecular complexity index is 1830. The lowest BCUT2D eigenvalue weighted by Crippen LogP contribution is -2.48. The Kier molecular flexibility index (Phi) is 13.6. The number of amides is 2. The van der Waals surface area contributed by atoms with Crippen molar-refractivity contribution in [3.05, 3.63) is 104 Å². The number of fused-ring (bicyclic) bond motifs is 2. The van der Waals surface area contributed by atoms with E-state index in [1.807, 2.05) is 54.5 Å². The molecule has 2 atom stereocenters. The molecule has 0 radical (unpaired) electrons. The molecule has 51 heavy (non-hydrogen) atoms. The van der Waals surface area contributed by atoms with Gasteiger partial charge in [-0.2, -0.15) is 5.10 Å². The van der Waals surface area contributed by atoms with Crippen LogP contribution in [-0.2, 0) is 11.2 Å². The highest BCUT2D eigenvalue weighted by Crippen LogP contribution is 2.50. The summed E-state index contributed by atoms with van der Waals surface area (Å²) < 4.78 is 26.7. The van der Waals surface area contributed by atoms with Crippen molar-refractivity contribution in [2.45, 2.75) is 92.3 Å². The average molecular weight is 741 g/mol. The number of allylic oxidation sites excluding steroid dienone is 5. The largest absolute Gasteiger partial charge is 0.477 e. The van der Waals surface area contributed by atoms with E-state index in [9.17, 15) is 9.59 Å². The van der Waals surface area contributed by atoms with E-state index in [2.05, 4.69) is 27.1 Å². The van der Waals surface area contributed by atoms with E-state index in [1.54, 1.807) is 29.3 Å². The van der Waals surface area contributed by atoms with Crippen LogP contribution in [0.25, 0.3) is 11.1 Å². The maximum absolute atomic E-state index is 15.2. The molecule has 1 aromatic carbocycles. The monoisotopic (exact) mass is 739 g/mol. The summed E-state index contributed by atoms with van der Waals surface area (Å²) in [5, 5.41) is 10.4. The van der Waals surface area contributed by atoms with Crippen molar-refractivity contribution in [3.63, 3.8) is 0 Å². The Morgan fingerprint density at radius 3 is 2.55 bits per heavy atom. The van der Waals surface area contributed by atoms with Gasteiger partial charge in [-0.3, -0.25) is 4.79 Å². The predicted molar refractivity (Wildman–Crippen MR) is 203 cm³/mol. The third-order valence-electron chi connectivity index (χ3n) is 9.10. The minimum atomic E-state index is -0.622. The van der Waals surface area contributed by atoms with Crippen LogP contribution >= 0.6 is 23.2 Å². The van der Waals surface area contributed by atoms with E-state index in [0.29, 0.717) is 48.3 Å². The number of hydrogen-bond donors (Lipinski definition) is 2. The van der Waals surface area contributed by atoms with Crippen LogP contribution in [-0.4, -0.2) is 51.5 Å². The van der Waals surface area contributed by atoms with Gasteiger partial charge in [-0.15, -0.1) is 0 Å². The number of nitrogens with zero attached hydrogens (tertiary/aromatic N) is 3. The first-order valence-electron chi connectivity index (χ1n) is 17.3. The van der Waals surface area contributed by atoms with Crippen LogP contribution in [0.1, 0.15) is 85.0 Å². The van der Waals surface area contributed by atoms with E-state index >= 15 is 4.39 Å². The number of benzene rings is 1. The summed E-state index contributed by atoms with van der Waals surface area (Å²) >= 11 is 12.4. The van der Waals surface area contributed by atoms with E-state index in [4.69, 9.17) is 32.7 Å². The molecule has 3 fully saturated rings. The van der Waals surface area contributed by atoms with Crippen LogP contribution in [0.3, 0.4) is 0 Å². The number of halogens is 3. The summed E-state index contributed by atoms with van der Waals surface area (Å²) in [6, 6.07) is 6.68. The number of H-pyrrole nitrogens is 1. The van der Waals surface area contributed by atoms with Crippen molar-refractivity contribution < 1.29 is 18.7 Å². The standard InChI is InChI=1S/C28H29ClFN5O4.C9H13Cl.C2H6/c1-3-23-26-17(7-24(36)33-34-26)6-15(2)35(23)27(37)32-22-9-20(29)19(8-21(22)30)16-4-5-25(31-12-16)39-14-28-10-18(11-28)38-13-28;1-5-8(4)9(10)6-7(2)3;1-2/h4-5,7-9,12,15,18,23H,3,6,10-11,13-14H2,1-2H3,(H,32,37)(H,33,36);5-6H,1H2,2-4H3;1-2H3/b;9-8+;/t15-,18?,23?,28?;;/m0../s1. The van der Waals surface area contributed by atoms with Gasteiger partial charge in [-0.1, -0.05) is 62.2 Å². The Morgan fingerprint density at radius 2 is 1.96 bits per heavy atom. The first-order valence-corrected chi connectivity index (χ1v) is 18.1. The lowest BCUT2D eigenvalue weighted by molar-refractivity contribution is 0.0804. The average Bonchev–Trinajstić information content (AvgIpc) is 3.70. The smallest absolute Gasteiger partial charge is 0.322 e. The number of ether oxygens (including phenoxy) is 2. The van der Waals surface area contributed by atoms with Gasteiger partial charge < -0.3 is 19.7 Å². The topological polar surface area (TPSA) is 109 Å². The van der Waals surface area contributed by atoms with Gasteiger partial charge in [0.1, 0.15) is 5.82 Å². The molecule has 2 N–H and O–H groups in total. The van der Waals surface area contributed by atoms with Crippen molar-refractivity contribution in [1.29, 1.82) is 0 Å². The lowest BCUT2D eigenvalue weighted by atomic mass is 9.71. The quantitative estimate of drug-likeness (QED) is 0.223. The number of anilines is 1. The maximum Gasteiger partial charge on any atom is 0.322 e. The highest BCUT2D eigenvalue weighted by Gasteiger charge is 2.52. The summed E-state index contributed by atoms with van der Waals surface area (Å²) in [5.41, 5.74) is 4.56. The van der Waals surface area contributed by atoms with Crippen LogP contribution in [0.15, 0.2) is 76.2 Å². The molecule has 0 spiro atoms. The Labute approximate surface area is 309 Å². The van der Waals surface area contributed by atoms with E-state index in [-0.39, 0.29) is 33.8 Å². The zero-order valence-corrected chi connectivity index (χ0v) is 31.9. The first kappa shape index (κ1) is 39.8. The third-order valence-corrected chi connectivity index (χ3v) is 9.82. The zero-order chi connectivity index (χ0) is 37.5. The van der Waals surface area contributed by atoms with Crippen LogP contribution in [0.2, 0.25) is 5.02 Å². The molecule has 3 aliphatic heterocycles. The number of hydrogen-bond acceptors (Lipinski definition) is 6. The van der Waals surface area contributed by atoms with Gasteiger partial charge in [0.05, 0.1) is 41.8 Å². The number of carbonyl (C=O) groups is 1. The second-order valence-electron chi connectivity index (χ2n) is 13.2. The summed E-state index contributed by atoms with van der Waals surface area (Å²) in [4.78, 5) is 31.1. The number of aromatic amines is 1. The van der Waals surface area contributed by atoms with Gasteiger partial charge in [0, 0.05) is 45.9 Å². The van der Waals surface area contributed by atoms with Crippen molar-refractivity contribution >= 4 is 34.9 Å². The normalized spacial score (nSPS) is 21.7. The second kappa shape index (κ2) is 17.5. The minimum Gasteiger partial charge on any atom is -0.477 e. The first-order chi connectivity index (χ1) is 24.3. The molecular formula is C39H48Cl2FN5O4. The molecular weight excluding hydrogens is 692 g/mol. The number of pyridine rings is 1. The fraction of sp³-hybridized carbons (Fsp3) is 0.436. The molecule has 2 amide bonds. The lowest BCUT2D eigenvalue weighted by Gasteiger charge is -2.40. The molecule has 5 heterocycles. The minimum absolute atomic E-state index is 0.0271. The molecule has 274 valence electrons. The molecule has 2 saturated heterocycles. The van der Waals surface area contributed by atoms with Gasteiger partial charge in [-0.25, -0.2) is 19.3 Å². The molecule has 9 nitrogen and oxygen atoms in total. The number of aromatic nitrogens is 3. The number of nitrogens with one attached hydrogen (secondary N) is 2. The number of rotatable bonds is 8. The van der Waals surface area contributed by atoms with Crippen LogP contribution in [0.5, 0.6) is 5.88 Å². The molecule has 1 saturated carbocycles. The third kappa shape index (κ3) is 9.47. The summed E-state index contributed by atoms with van der Waals surface area (Å²) in [7, 11) is 0. The molecule has 3 aromatic rings. The Morgan fingerprint density at radius 1 is 1.24 bits per heavy atom. The molecule has 4 aliphatic rings. The molecule has 2 aromatic heterocycles. The van der Waals surface area contributed by atoms with E-state index < -0.39 is 11.8 Å². The number of urea groups is 1. The SMILES string of the molecule is C=C/C(C)=C(/Cl)C=C(C)C.CC.CCC1c2n[nH]c(=O)cc2C[C@H](C)N1C(=O)Nc1cc(Cl)c(-c2ccc(OCC34COC(C3)C4)nc2)cc1F. The Hall–Kier alpha value is -3.99. The number of carbonyl (C=O) groups excluding carboxylic acids is 1. The second-order valence-corrected chi connectivity index (χ2v) is 14.1. The highest BCUT2D eigenvalue weighted by atomic mass is 35.5. The maximum atomic E-state index is 15.2. The highest BCUT2D eigenvalue weighted by molar-refractivity contribution is 6.33. The van der Waals surface area contributed by atoms with Gasteiger partial charge >= 0.3 is 6.03 Å². The molecule has 1 aliphatic carbocycles. The summed E-state index contributed by atoms with van der Waals surface area (Å²) in [6.07, 6.45) is 8.77. The van der Waals surface area contributed by atoms with Crippen molar-refractivity contribution in [2.24, 2.45) is 5.41 Å². The van der Waals surface area contributed by atoms with Crippen molar-refractivity contribution in [2.75, 3.05) is 18.5 Å². The summed E-state index contributed by atoms with van der Waals surface area (Å²) in [6.45, 7) is 18.7. The predicted octanol–water partition coefficient (Wildman–Crippen LogP) is 9.79. The van der Waals surface area contributed by atoms with Gasteiger partial charge in [0.15, 0.2) is 0 Å². The molecule has 7 rings (SSSR count). The van der Waals surface area contributed by atoms with Crippen LogP contribution in [0.4, 0.5) is 14.9 Å². The van der Waals surface area contributed by atoms with Crippen molar-refractivity contribution in [1.82, 2.24) is 20.1 Å². The molecule has 12 heteroatoms. The fourth-order valence-electron chi connectivity index (χ4n) is 6.45. The molecule has 2 bridgehead atoms. The van der Waals surface area contributed by atoms with E-state index in [1.165, 1.54) is 23.8 Å². The van der Waals surface area contributed by atoms with Crippen LogP contribution < -0.4 is 15.6 Å². The van der Waals surface area contributed by atoms with Gasteiger partial charge in [0.25, 0.3) is 5.56 Å². The Balaban J connectivity index is 0.000000422. The van der Waals surface area contributed by atoms with Crippen LogP contribution in [0, 0.1) is 11.2 Å². The van der Waals surface area contributed by atoms with Gasteiger partial charge in [-0.05, 0) is 88.8 Å². The summed E-state index contributed by atoms with van der Waals surface area (Å²) in [5.74, 6) is -0.131. The molecule has 1 unspecified atom stereocenters. The van der Waals surface area contributed by atoms with E-state index in [0.717, 1.165) is 35.6 Å². The zero-order valence-electron chi connectivity index (χ0n) is 30.4. The fourth-order valence-corrected chi connectivity index (χ4v) is 7.02. The van der Waals surface area contributed by atoms with Crippen molar-refractivity contribution in [3.8, 4) is 17.0 Å². The van der Waals surface area contributed by atoms with Gasteiger partial charge in [0.2, 0.25) is 5.88 Å².